The molecule has 0 saturated carbocycles. The van der Waals surface area contributed by atoms with Gasteiger partial charge in [-0.25, -0.2) is 4.98 Å². The number of nitrogens with zero attached hydrogens (tertiary/aromatic N) is 2. The molecule has 0 atom stereocenters. The van der Waals surface area contributed by atoms with Gasteiger partial charge in [0.25, 0.3) is 0 Å². The number of thiophene rings is 1. The zero-order valence-corrected chi connectivity index (χ0v) is 17.8. The van der Waals surface area contributed by atoms with Crippen LogP contribution in [0.4, 0.5) is 0 Å². The summed E-state index contributed by atoms with van der Waals surface area (Å²) in [6.07, 6.45) is 1.13. The second-order valence-corrected chi connectivity index (χ2v) is 9.50. The fourth-order valence-corrected chi connectivity index (χ4v) is 4.13. The van der Waals surface area contributed by atoms with Gasteiger partial charge in [0.05, 0.1) is 21.3 Å². The summed E-state index contributed by atoms with van der Waals surface area (Å²) in [5.74, 6) is -0.257. The molecule has 0 aliphatic rings. The number of amides is 1. The van der Waals surface area contributed by atoms with Gasteiger partial charge in [0, 0.05) is 25.4 Å². The van der Waals surface area contributed by atoms with Gasteiger partial charge < -0.3 is 9.64 Å². The smallest absolute Gasteiger partial charge is 0.306 e. The molecule has 0 saturated heterocycles. The highest BCUT2D eigenvalue weighted by atomic mass is 35.5. The standard InChI is InChI=1S/C18H23ClN2O3S2/c1-18(2,3)24-16(23)6-5-9-21(4)15(22)10-12-11-25-17(20-12)13-7-8-14(19)26-13/h7-8,11H,5-6,9-10H2,1-4H3. The first-order valence-electron chi connectivity index (χ1n) is 8.30. The Hall–Kier alpha value is -1.44. The Morgan fingerprint density at radius 2 is 2.04 bits per heavy atom. The molecule has 142 valence electrons. The van der Waals surface area contributed by atoms with Crippen molar-refractivity contribution in [1.82, 2.24) is 9.88 Å². The van der Waals surface area contributed by atoms with Crippen molar-refractivity contribution in [3.8, 4) is 9.88 Å². The van der Waals surface area contributed by atoms with Crippen molar-refractivity contribution in [2.45, 2.75) is 45.6 Å². The van der Waals surface area contributed by atoms with Gasteiger partial charge in [0.15, 0.2) is 0 Å². The molecule has 0 aromatic carbocycles. The highest BCUT2D eigenvalue weighted by Gasteiger charge is 2.17. The number of aromatic nitrogens is 1. The molecule has 0 radical (unpaired) electrons. The predicted molar refractivity (Wildman–Crippen MR) is 107 cm³/mol. The van der Waals surface area contributed by atoms with Gasteiger partial charge in [-0.3, -0.25) is 9.59 Å². The van der Waals surface area contributed by atoms with E-state index in [0.717, 1.165) is 19.9 Å². The van der Waals surface area contributed by atoms with Crippen LogP contribution < -0.4 is 0 Å². The minimum absolute atomic E-state index is 0.0183. The van der Waals surface area contributed by atoms with E-state index in [2.05, 4.69) is 4.98 Å². The van der Waals surface area contributed by atoms with Crippen molar-refractivity contribution in [2.75, 3.05) is 13.6 Å². The highest BCUT2D eigenvalue weighted by molar-refractivity contribution is 7.23. The Balaban J connectivity index is 1.78. The molecule has 0 aliphatic heterocycles. The van der Waals surface area contributed by atoms with E-state index in [1.165, 1.54) is 22.7 Å². The molecule has 26 heavy (non-hydrogen) atoms. The summed E-state index contributed by atoms with van der Waals surface area (Å²) in [4.78, 5) is 31.2. The molecule has 0 aliphatic carbocycles. The molecule has 2 aromatic heterocycles. The summed E-state index contributed by atoms with van der Waals surface area (Å²) in [7, 11) is 1.74. The predicted octanol–water partition coefficient (Wildman–Crippen LogP) is 4.65. The first-order valence-corrected chi connectivity index (χ1v) is 10.4. The molecule has 8 heteroatoms. The number of carbonyl (C=O) groups is 2. The largest absolute Gasteiger partial charge is 0.460 e. The van der Waals surface area contributed by atoms with Crippen molar-refractivity contribution in [1.29, 1.82) is 0 Å². The molecule has 0 fully saturated rings. The van der Waals surface area contributed by atoms with Crippen LogP contribution in [0, 0.1) is 0 Å². The molecule has 1 amide bonds. The zero-order valence-electron chi connectivity index (χ0n) is 15.4. The lowest BCUT2D eigenvalue weighted by Gasteiger charge is -2.20. The summed E-state index contributed by atoms with van der Waals surface area (Å²) in [6, 6.07) is 3.77. The zero-order chi connectivity index (χ0) is 19.3. The Kier molecular flexibility index (Phi) is 7.20. The van der Waals surface area contributed by atoms with Crippen LogP contribution in [0.2, 0.25) is 4.34 Å². The van der Waals surface area contributed by atoms with Gasteiger partial charge in [0.2, 0.25) is 5.91 Å². The Morgan fingerprint density at radius 1 is 1.31 bits per heavy atom. The van der Waals surface area contributed by atoms with E-state index in [4.69, 9.17) is 16.3 Å². The van der Waals surface area contributed by atoms with Gasteiger partial charge in [-0.1, -0.05) is 11.6 Å². The van der Waals surface area contributed by atoms with Gasteiger partial charge >= 0.3 is 5.97 Å². The fourth-order valence-electron chi connectivity index (χ4n) is 2.20. The van der Waals surface area contributed by atoms with Crippen molar-refractivity contribution >= 4 is 46.2 Å². The molecular weight excluding hydrogens is 392 g/mol. The summed E-state index contributed by atoms with van der Waals surface area (Å²) in [5, 5.41) is 2.77. The average molecular weight is 415 g/mol. The van der Waals surface area contributed by atoms with Gasteiger partial charge in [-0.15, -0.1) is 22.7 Å². The minimum Gasteiger partial charge on any atom is -0.460 e. The first-order chi connectivity index (χ1) is 12.1. The minimum atomic E-state index is -0.478. The van der Waals surface area contributed by atoms with Crippen LogP contribution in [0.5, 0.6) is 0 Å². The molecule has 2 rings (SSSR count). The number of halogens is 1. The maximum Gasteiger partial charge on any atom is 0.306 e. The highest BCUT2D eigenvalue weighted by Crippen LogP contribution is 2.33. The maximum atomic E-state index is 12.3. The van der Waals surface area contributed by atoms with E-state index >= 15 is 0 Å². The molecule has 2 aromatic rings. The molecule has 0 unspecified atom stereocenters. The summed E-state index contributed by atoms with van der Waals surface area (Å²) in [5.41, 5.74) is 0.270. The van der Waals surface area contributed by atoms with E-state index in [9.17, 15) is 9.59 Å². The quantitative estimate of drug-likeness (QED) is 0.619. The summed E-state index contributed by atoms with van der Waals surface area (Å²) in [6.45, 7) is 6.03. The van der Waals surface area contributed by atoms with Crippen molar-refractivity contribution < 1.29 is 14.3 Å². The van der Waals surface area contributed by atoms with Crippen LogP contribution in [0.3, 0.4) is 0 Å². The third-order valence-electron chi connectivity index (χ3n) is 3.39. The van der Waals surface area contributed by atoms with E-state index in [0.29, 0.717) is 19.4 Å². The fraction of sp³-hybridized carbons (Fsp3) is 0.500. The lowest BCUT2D eigenvalue weighted by Crippen LogP contribution is -2.30. The molecule has 0 spiro atoms. The third-order valence-corrected chi connectivity index (χ3v) is 5.68. The van der Waals surface area contributed by atoms with Crippen LogP contribution in [0.15, 0.2) is 17.5 Å². The van der Waals surface area contributed by atoms with Gasteiger partial charge in [-0.2, -0.15) is 0 Å². The van der Waals surface area contributed by atoms with E-state index in [1.807, 2.05) is 38.3 Å². The molecular formula is C18H23ClN2O3S2. The van der Waals surface area contributed by atoms with Crippen LogP contribution in [-0.4, -0.2) is 41.0 Å². The number of thiazole rings is 1. The lowest BCUT2D eigenvalue weighted by molar-refractivity contribution is -0.155. The number of esters is 1. The number of likely N-dealkylation sites (N-methyl/N-ethyl adjacent to an activating group) is 1. The van der Waals surface area contributed by atoms with Crippen LogP contribution >= 0.6 is 34.3 Å². The Bertz CT molecular complexity index is 765. The number of rotatable bonds is 7. The summed E-state index contributed by atoms with van der Waals surface area (Å²) < 4.78 is 5.98. The lowest BCUT2D eigenvalue weighted by atomic mass is 10.2. The SMILES string of the molecule is CN(CCCC(=O)OC(C)(C)C)C(=O)Cc1csc(-c2ccc(Cl)s2)n1. The molecule has 0 bridgehead atoms. The van der Waals surface area contributed by atoms with Crippen molar-refractivity contribution in [2.24, 2.45) is 0 Å². The molecule has 2 heterocycles. The molecule has 0 N–H and O–H groups in total. The second kappa shape index (κ2) is 8.97. The van der Waals surface area contributed by atoms with Gasteiger partial charge in [0.1, 0.15) is 10.6 Å². The van der Waals surface area contributed by atoms with E-state index in [1.54, 1.807) is 11.9 Å². The maximum absolute atomic E-state index is 12.3. The van der Waals surface area contributed by atoms with Crippen molar-refractivity contribution in [3.05, 3.63) is 27.5 Å². The van der Waals surface area contributed by atoms with Crippen molar-refractivity contribution in [3.63, 3.8) is 0 Å². The van der Waals surface area contributed by atoms with Gasteiger partial charge in [-0.05, 0) is 39.3 Å². The number of ether oxygens (including phenoxy) is 1. The Labute approximate surface area is 167 Å². The topological polar surface area (TPSA) is 59.5 Å². The first kappa shape index (κ1) is 20.9. The summed E-state index contributed by atoms with van der Waals surface area (Å²) >= 11 is 8.93. The van der Waals surface area contributed by atoms with Crippen LogP contribution in [0.1, 0.15) is 39.3 Å². The van der Waals surface area contributed by atoms with E-state index < -0.39 is 5.60 Å². The van der Waals surface area contributed by atoms with Crippen LogP contribution in [-0.2, 0) is 20.7 Å². The third kappa shape index (κ3) is 6.70. The molecule has 5 nitrogen and oxygen atoms in total. The normalized spacial score (nSPS) is 11.4. The second-order valence-electron chi connectivity index (χ2n) is 6.93. The van der Waals surface area contributed by atoms with E-state index in [-0.39, 0.29) is 18.3 Å². The van der Waals surface area contributed by atoms with Crippen LogP contribution in [0.25, 0.3) is 9.88 Å². The average Bonchev–Trinajstić information content (AvgIpc) is 3.14. The number of hydrogen-bond donors (Lipinski definition) is 0. The number of carbonyl (C=O) groups excluding carboxylic acids is 2. The Morgan fingerprint density at radius 3 is 2.65 bits per heavy atom. The number of hydrogen-bond acceptors (Lipinski definition) is 6. The monoisotopic (exact) mass is 414 g/mol.